The minimum absolute atomic E-state index is 0.00216. The van der Waals surface area contributed by atoms with Crippen molar-refractivity contribution in [2.24, 2.45) is 5.73 Å². The Morgan fingerprint density at radius 1 is 1.56 bits per heavy atom. The molecule has 1 fully saturated rings. The monoisotopic (exact) mass is 221 g/mol. The number of hydrogen-bond acceptors (Lipinski definition) is 4. The number of rotatable bonds is 2. The molecule has 2 rings (SSSR count). The molecule has 1 aromatic heterocycles. The molecule has 0 aromatic carbocycles. The molecule has 88 valence electrons. The van der Waals surface area contributed by atoms with Crippen LogP contribution >= 0.6 is 0 Å². The highest BCUT2D eigenvalue weighted by atomic mass is 16.5. The molecule has 2 N–H and O–H groups in total. The van der Waals surface area contributed by atoms with Crippen LogP contribution in [0.25, 0.3) is 0 Å². The molecule has 4 nitrogen and oxygen atoms in total. The first-order valence-corrected chi connectivity index (χ1v) is 5.75. The van der Waals surface area contributed by atoms with E-state index >= 15 is 0 Å². The van der Waals surface area contributed by atoms with Gasteiger partial charge in [-0.2, -0.15) is 0 Å². The van der Waals surface area contributed by atoms with Crippen LogP contribution < -0.4 is 10.6 Å². The zero-order chi connectivity index (χ0) is 11.5. The van der Waals surface area contributed by atoms with Gasteiger partial charge in [0, 0.05) is 19.1 Å². The van der Waals surface area contributed by atoms with Gasteiger partial charge in [-0.15, -0.1) is 0 Å². The van der Waals surface area contributed by atoms with Crippen LogP contribution in [0.4, 0.5) is 5.69 Å². The lowest BCUT2D eigenvalue weighted by Crippen LogP contribution is -2.41. The van der Waals surface area contributed by atoms with Gasteiger partial charge < -0.3 is 15.4 Å². The van der Waals surface area contributed by atoms with Gasteiger partial charge >= 0.3 is 0 Å². The Kier molecular flexibility index (Phi) is 3.41. The van der Waals surface area contributed by atoms with Crippen LogP contribution in [0.15, 0.2) is 18.3 Å². The van der Waals surface area contributed by atoms with Gasteiger partial charge in [0.05, 0.1) is 30.3 Å². The molecule has 1 aromatic rings. The van der Waals surface area contributed by atoms with Gasteiger partial charge in [0.2, 0.25) is 0 Å². The predicted octanol–water partition coefficient (Wildman–Crippen LogP) is 1.33. The molecule has 0 amide bonds. The van der Waals surface area contributed by atoms with Gasteiger partial charge in [-0.3, -0.25) is 4.98 Å². The van der Waals surface area contributed by atoms with Crippen molar-refractivity contribution >= 4 is 5.69 Å². The fourth-order valence-corrected chi connectivity index (χ4v) is 1.91. The lowest BCUT2D eigenvalue weighted by atomic mass is 10.2. The van der Waals surface area contributed by atoms with E-state index in [4.69, 9.17) is 10.5 Å². The third kappa shape index (κ3) is 2.51. The quantitative estimate of drug-likeness (QED) is 0.818. The molecule has 4 heteroatoms. The number of nitrogens with zero attached hydrogens (tertiary/aromatic N) is 2. The number of hydrogen-bond donors (Lipinski definition) is 1. The van der Waals surface area contributed by atoms with Crippen LogP contribution in [0.2, 0.25) is 0 Å². The summed E-state index contributed by atoms with van der Waals surface area (Å²) in [6, 6.07) is 4.09. The number of morpholine rings is 1. The minimum atomic E-state index is -0.00216. The molecule has 0 radical (unpaired) electrons. The Balaban J connectivity index is 2.09. The fourth-order valence-electron chi connectivity index (χ4n) is 1.91. The highest BCUT2D eigenvalue weighted by molar-refractivity contribution is 5.45. The van der Waals surface area contributed by atoms with E-state index in [0.29, 0.717) is 6.10 Å². The van der Waals surface area contributed by atoms with Crippen LogP contribution in [0, 0.1) is 0 Å². The Hall–Kier alpha value is -1.13. The number of anilines is 1. The zero-order valence-electron chi connectivity index (χ0n) is 9.89. The van der Waals surface area contributed by atoms with Gasteiger partial charge in [-0.1, -0.05) is 0 Å². The molecular weight excluding hydrogens is 202 g/mol. The normalized spacial score (nSPS) is 23.2. The summed E-state index contributed by atoms with van der Waals surface area (Å²) in [7, 11) is 0. The SMILES string of the molecule is CC1CN(c2ccc([C@H](C)N)nc2)CCO1. The van der Waals surface area contributed by atoms with Crippen LogP contribution in [0.5, 0.6) is 0 Å². The van der Waals surface area contributed by atoms with E-state index in [1.54, 1.807) is 0 Å². The van der Waals surface area contributed by atoms with Crippen molar-refractivity contribution < 1.29 is 4.74 Å². The van der Waals surface area contributed by atoms with E-state index in [-0.39, 0.29) is 6.04 Å². The molecule has 1 aliphatic heterocycles. The first-order valence-electron chi connectivity index (χ1n) is 5.75. The summed E-state index contributed by atoms with van der Waals surface area (Å²) >= 11 is 0. The molecular formula is C12H19N3O. The molecule has 16 heavy (non-hydrogen) atoms. The lowest BCUT2D eigenvalue weighted by Gasteiger charge is -2.32. The Morgan fingerprint density at radius 2 is 2.38 bits per heavy atom. The second-order valence-corrected chi connectivity index (χ2v) is 4.36. The van der Waals surface area contributed by atoms with Crippen LogP contribution in [0.1, 0.15) is 25.6 Å². The van der Waals surface area contributed by atoms with Crippen LogP contribution in [-0.4, -0.2) is 30.8 Å². The summed E-state index contributed by atoms with van der Waals surface area (Å²) in [5, 5.41) is 0. The molecule has 0 bridgehead atoms. The summed E-state index contributed by atoms with van der Waals surface area (Å²) in [5.74, 6) is 0. The topological polar surface area (TPSA) is 51.4 Å². The van der Waals surface area contributed by atoms with Gasteiger partial charge in [0.15, 0.2) is 0 Å². The van der Waals surface area contributed by atoms with E-state index < -0.39 is 0 Å². The van der Waals surface area contributed by atoms with E-state index in [1.165, 1.54) is 0 Å². The second kappa shape index (κ2) is 4.80. The van der Waals surface area contributed by atoms with Gasteiger partial charge in [0.25, 0.3) is 0 Å². The van der Waals surface area contributed by atoms with Crippen molar-refractivity contribution in [1.82, 2.24) is 4.98 Å². The molecule has 2 heterocycles. The van der Waals surface area contributed by atoms with Crippen molar-refractivity contribution in [3.05, 3.63) is 24.0 Å². The van der Waals surface area contributed by atoms with Gasteiger partial charge in [-0.25, -0.2) is 0 Å². The third-order valence-electron chi connectivity index (χ3n) is 2.84. The van der Waals surface area contributed by atoms with E-state index in [0.717, 1.165) is 31.1 Å². The number of pyridine rings is 1. The maximum Gasteiger partial charge on any atom is 0.0722 e. The highest BCUT2D eigenvalue weighted by Gasteiger charge is 2.17. The number of ether oxygens (including phenoxy) is 1. The summed E-state index contributed by atoms with van der Waals surface area (Å²) < 4.78 is 5.51. The maximum absolute atomic E-state index is 5.77. The summed E-state index contributed by atoms with van der Waals surface area (Å²) in [5.41, 5.74) is 7.86. The largest absolute Gasteiger partial charge is 0.375 e. The molecule has 1 unspecified atom stereocenters. The maximum atomic E-state index is 5.77. The van der Waals surface area contributed by atoms with E-state index in [2.05, 4.69) is 22.9 Å². The van der Waals surface area contributed by atoms with Crippen LogP contribution in [-0.2, 0) is 4.74 Å². The summed E-state index contributed by atoms with van der Waals surface area (Å²) in [4.78, 5) is 6.67. The first kappa shape index (κ1) is 11.4. The average Bonchev–Trinajstić information content (AvgIpc) is 2.29. The predicted molar refractivity (Wildman–Crippen MR) is 64.5 cm³/mol. The molecule has 1 aliphatic rings. The first-order chi connectivity index (χ1) is 7.66. The minimum Gasteiger partial charge on any atom is -0.375 e. The standard InChI is InChI=1S/C12H19N3O/c1-9-8-15(5-6-16-9)11-3-4-12(10(2)13)14-7-11/h3-4,7,9-10H,5-6,8,13H2,1-2H3/t9?,10-/m0/s1. The zero-order valence-corrected chi connectivity index (χ0v) is 9.89. The van der Waals surface area contributed by atoms with Crippen molar-refractivity contribution in [3.63, 3.8) is 0 Å². The molecule has 0 aliphatic carbocycles. The van der Waals surface area contributed by atoms with Gasteiger partial charge in [0.1, 0.15) is 0 Å². The van der Waals surface area contributed by atoms with Crippen molar-refractivity contribution in [1.29, 1.82) is 0 Å². The van der Waals surface area contributed by atoms with Crippen molar-refractivity contribution in [3.8, 4) is 0 Å². The highest BCUT2D eigenvalue weighted by Crippen LogP contribution is 2.18. The third-order valence-corrected chi connectivity index (χ3v) is 2.84. The van der Waals surface area contributed by atoms with Crippen molar-refractivity contribution in [2.75, 3.05) is 24.6 Å². The average molecular weight is 221 g/mol. The second-order valence-electron chi connectivity index (χ2n) is 4.36. The Bertz CT molecular complexity index is 337. The summed E-state index contributed by atoms with van der Waals surface area (Å²) in [6.45, 7) is 6.69. The van der Waals surface area contributed by atoms with Gasteiger partial charge in [-0.05, 0) is 26.0 Å². The smallest absolute Gasteiger partial charge is 0.0722 e. The molecule has 0 spiro atoms. The van der Waals surface area contributed by atoms with E-state index in [1.807, 2.05) is 19.2 Å². The molecule has 2 atom stereocenters. The Morgan fingerprint density at radius 3 is 2.94 bits per heavy atom. The molecule has 1 saturated heterocycles. The molecule has 0 saturated carbocycles. The van der Waals surface area contributed by atoms with E-state index in [9.17, 15) is 0 Å². The number of aromatic nitrogens is 1. The lowest BCUT2D eigenvalue weighted by molar-refractivity contribution is 0.0532. The fraction of sp³-hybridized carbons (Fsp3) is 0.583. The van der Waals surface area contributed by atoms with Crippen LogP contribution in [0.3, 0.4) is 0 Å². The van der Waals surface area contributed by atoms with Crippen molar-refractivity contribution in [2.45, 2.75) is 26.0 Å². The Labute approximate surface area is 96.4 Å². The number of nitrogens with two attached hydrogens (primary N) is 1. The summed E-state index contributed by atoms with van der Waals surface area (Å²) in [6.07, 6.45) is 2.19.